The molecule has 2 rings (SSSR count). The molecule has 0 radical (unpaired) electrons. The second-order valence-electron chi connectivity index (χ2n) is 4.42. The summed E-state index contributed by atoms with van der Waals surface area (Å²) in [5.41, 5.74) is 0. The Hall–Kier alpha value is -0.990. The van der Waals surface area contributed by atoms with Crippen LogP contribution in [0.1, 0.15) is 37.9 Å². The zero-order chi connectivity index (χ0) is 12.8. The van der Waals surface area contributed by atoms with Crippen molar-refractivity contribution in [1.29, 1.82) is 0 Å². The van der Waals surface area contributed by atoms with Crippen LogP contribution in [0.5, 0.6) is 0 Å². The van der Waals surface area contributed by atoms with Crippen molar-refractivity contribution in [1.82, 2.24) is 20.1 Å². The normalized spacial score (nSPS) is 16.3. The lowest BCUT2D eigenvalue weighted by Crippen LogP contribution is -2.27. The summed E-state index contributed by atoms with van der Waals surface area (Å²) < 4.78 is 2.13. The van der Waals surface area contributed by atoms with E-state index < -0.39 is 0 Å². The molecule has 1 aromatic rings. The van der Waals surface area contributed by atoms with Crippen LogP contribution in [-0.2, 0) is 7.05 Å². The van der Waals surface area contributed by atoms with Gasteiger partial charge in [-0.2, -0.15) is 0 Å². The van der Waals surface area contributed by atoms with Gasteiger partial charge in [-0.25, -0.2) is 0 Å². The van der Waals surface area contributed by atoms with Crippen LogP contribution in [0.3, 0.4) is 0 Å². The van der Waals surface area contributed by atoms with Gasteiger partial charge in [-0.15, -0.1) is 16.1 Å². The topological polar surface area (TPSA) is 42.7 Å². The van der Waals surface area contributed by atoms with E-state index in [1.54, 1.807) is 11.8 Å². The van der Waals surface area contributed by atoms with Crippen LogP contribution in [0.4, 0.5) is 0 Å². The quantitative estimate of drug-likeness (QED) is 0.667. The van der Waals surface area contributed by atoms with Crippen molar-refractivity contribution in [3.8, 4) is 11.8 Å². The number of thioether (sulfide) groups is 1. The molecule has 0 aromatic carbocycles. The lowest BCUT2D eigenvalue weighted by atomic mass is 9.97. The van der Waals surface area contributed by atoms with Crippen LogP contribution in [0.2, 0.25) is 0 Å². The maximum absolute atomic E-state index is 4.35. The van der Waals surface area contributed by atoms with Crippen molar-refractivity contribution < 1.29 is 0 Å². The molecule has 4 nitrogen and oxygen atoms in total. The monoisotopic (exact) mass is 264 g/mol. The molecule has 1 fully saturated rings. The van der Waals surface area contributed by atoms with Crippen LogP contribution in [0.25, 0.3) is 0 Å². The first-order chi connectivity index (χ1) is 8.83. The Morgan fingerprint density at radius 2 is 2.11 bits per heavy atom. The molecule has 0 amide bonds. The van der Waals surface area contributed by atoms with E-state index in [9.17, 15) is 0 Å². The average molecular weight is 264 g/mol. The molecule has 1 aliphatic rings. The second kappa shape index (κ2) is 6.81. The summed E-state index contributed by atoms with van der Waals surface area (Å²) >= 11 is 1.67. The zero-order valence-corrected chi connectivity index (χ0v) is 11.9. The summed E-state index contributed by atoms with van der Waals surface area (Å²) in [4.78, 5) is 0. The Bertz CT molecular complexity index is 438. The van der Waals surface area contributed by atoms with Gasteiger partial charge in [-0.05, 0) is 25.9 Å². The lowest BCUT2D eigenvalue weighted by molar-refractivity contribution is 0.434. The number of rotatable bonds is 3. The number of piperidine rings is 1. The van der Waals surface area contributed by atoms with Gasteiger partial charge in [0.15, 0.2) is 5.16 Å². The molecule has 0 spiro atoms. The molecule has 5 heteroatoms. The van der Waals surface area contributed by atoms with Crippen LogP contribution in [-0.4, -0.2) is 33.6 Å². The molecule has 0 unspecified atom stereocenters. The molecule has 98 valence electrons. The lowest BCUT2D eigenvalue weighted by Gasteiger charge is -2.21. The molecular weight excluding hydrogens is 244 g/mol. The summed E-state index contributed by atoms with van der Waals surface area (Å²) in [7, 11) is 2.06. The van der Waals surface area contributed by atoms with Gasteiger partial charge in [-0.3, -0.25) is 0 Å². The van der Waals surface area contributed by atoms with Gasteiger partial charge in [-0.1, -0.05) is 24.6 Å². The zero-order valence-electron chi connectivity index (χ0n) is 11.1. The highest BCUT2D eigenvalue weighted by Crippen LogP contribution is 2.25. The van der Waals surface area contributed by atoms with Gasteiger partial charge < -0.3 is 9.88 Å². The summed E-state index contributed by atoms with van der Waals surface area (Å²) in [6.07, 6.45) is 3.23. The van der Waals surface area contributed by atoms with E-state index in [1.807, 2.05) is 0 Å². The van der Waals surface area contributed by atoms with E-state index in [-0.39, 0.29) is 0 Å². The van der Waals surface area contributed by atoms with Crippen molar-refractivity contribution >= 4 is 11.8 Å². The van der Waals surface area contributed by atoms with E-state index in [2.05, 4.69) is 45.9 Å². The van der Waals surface area contributed by atoms with E-state index in [0.717, 1.165) is 49.1 Å². The molecule has 2 heterocycles. The second-order valence-corrected chi connectivity index (χ2v) is 5.36. The van der Waals surface area contributed by atoms with E-state index >= 15 is 0 Å². The van der Waals surface area contributed by atoms with Crippen molar-refractivity contribution in [2.24, 2.45) is 7.05 Å². The molecule has 0 aliphatic carbocycles. The first-order valence-corrected chi connectivity index (χ1v) is 7.50. The average Bonchev–Trinajstić information content (AvgIpc) is 2.77. The molecule has 1 aromatic heterocycles. The van der Waals surface area contributed by atoms with Crippen LogP contribution in [0.15, 0.2) is 5.16 Å². The third-order valence-corrected chi connectivity index (χ3v) is 4.05. The minimum atomic E-state index is 0.555. The fraction of sp³-hybridized carbons (Fsp3) is 0.692. The molecule has 0 saturated carbocycles. The van der Waals surface area contributed by atoms with Crippen molar-refractivity contribution in [2.45, 2.75) is 37.3 Å². The summed E-state index contributed by atoms with van der Waals surface area (Å²) in [6.45, 7) is 4.24. The molecular formula is C13H20N4S. The molecule has 0 atom stereocenters. The van der Waals surface area contributed by atoms with Crippen LogP contribution >= 0.6 is 11.8 Å². The van der Waals surface area contributed by atoms with Gasteiger partial charge >= 0.3 is 0 Å². The smallest absolute Gasteiger partial charge is 0.191 e. The summed E-state index contributed by atoms with van der Waals surface area (Å²) in [5.74, 6) is 8.67. The fourth-order valence-electron chi connectivity index (χ4n) is 2.16. The van der Waals surface area contributed by atoms with Gasteiger partial charge in [0.05, 0.1) is 5.75 Å². The fourth-order valence-corrected chi connectivity index (χ4v) is 2.85. The highest BCUT2D eigenvalue weighted by Gasteiger charge is 2.21. The number of nitrogens with one attached hydrogen (secondary N) is 1. The molecule has 1 saturated heterocycles. The third-order valence-electron chi connectivity index (χ3n) is 3.15. The number of hydrogen-bond donors (Lipinski definition) is 1. The van der Waals surface area contributed by atoms with E-state index in [1.165, 1.54) is 0 Å². The van der Waals surface area contributed by atoms with Crippen molar-refractivity contribution in [3.05, 3.63) is 5.82 Å². The molecule has 1 aliphatic heterocycles. The van der Waals surface area contributed by atoms with Gasteiger partial charge in [0, 0.05) is 19.4 Å². The van der Waals surface area contributed by atoms with Gasteiger partial charge in [0.25, 0.3) is 0 Å². The Labute approximate surface area is 113 Å². The first-order valence-electron chi connectivity index (χ1n) is 6.51. The van der Waals surface area contributed by atoms with E-state index in [4.69, 9.17) is 0 Å². The molecule has 0 bridgehead atoms. The van der Waals surface area contributed by atoms with Gasteiger partial charge in [0.2, 0.25) is 0 Å². The predicted molar refractivity (Wildman–Crippen MR) is 74.6 cm³/mol. The SMILES string of the molecule is CCC#CCSc1nnc(C2CCNCC2)n1C. The highest BCUT2D eigenvalue weighted by molar-refractivity contribution is 7.99. The largest absolute Gasteiger partial charge is 0.317 e. The predicted octanol–water partition coefficient (Wildman–Crippen LogP) is 1.79. The number of hydrogen-bond acceptors (Lipinski definition) is 4. The summed E-state index contributed by atoms with van der Waals surface area (Å²) in [6, 6.07) is 0. The minimum absolute atomic E-state index is 0.555. The van der Waals surface area contributed by atoms with Crippen molar-refractivity contribution in [3.63, 3.8) is 0 Å². The Morgan fingerprint density at radius 1 is 1.33 bits per heavy atom. The maximum Gasteiger partial charge on any atom is 0.191 e. The van der Waals surface area contributed by atoms with Crippen molar-refractivity contribution in [2.75, 3.05) is 18.8 Å². The first kappa shape index (κ1) is 13.4. The Balaban J connectivity index is 1.98. The number of aromatic nitrogens is 3. The Kier molecular flexibility index (Phi) is 5.09. The number of nitrogens with zero attached hydrogens (tertiary/aromatic N) is 3. The standard InChI is InChI=1S/C13H20N4S/c1-3-4-5-10-18-13-16-15-12(17(13)2)11-6-8-14-9-7-11/h11,14H,3,6-10H2,1-2H3. The molecule has 18 heavy (non-hydrogen) atoms. The maximum atomic E-state index is 4.35. The van der Waals surface area contributed by atoms with Crippen LogP contribution in [0, 0.1) is 11.8 Å². The Morgan fingerprint density at radius 3 is 2.83 bits per heavy atom. The van der Waals surface area contributed by atoms with E-state index in [0.29, 0.717) is 5.92 Å². The van der Waals surface area contributed by atoms with Gasteiger partial charge in [0.1, 0.15) is 5.82 Å². The third kappa shape index (κ3) is 3.27. The summed E-state index contributed by atoms with van der Waals surface area (Å²) in [5, 5.41) is 13.0. The highest BCUT2D eigenvalue weighted by atomic mass is 32.2. The molecule has 1 N–H and O–H groups in total. The van der Waals surface area contributed by atoms with Crippen LogP contribution < -0.4 is 5.32 Å². The minimum Gasteiger partial charge on any atom is -0.317 e.